The van der Waals surface area contributed by atoms with Gasteiger partial charge in [0.15, 0.2) is 0 Å². The van der Waals surface area contributed by atoms with Gasteiger partial charge in [0.05, 0.1) is 12.4 Å². The Morgan fingerprint density at radius 1 is 1.69 bits per heavy atom. The third kappa shape index (κ3) is 3.20. The number of hydrogen-bond acceptors (Lipinski definition) is 4. The third-order valence-corrected chi connectivity index (χ3v) is 2.40. The van der Waals surface area contributed by atoms with Gasteiger partial charge in [-0.15, -0.1) is 0 Å². The minimum Gasteiger partial charge on any atom is -0.480 e. The summed E-state index contributed by atoms with van der Waals surface area (Å²) in [5.41, 5.74) is 0. The molecule has 4 nitrogen and oxygen atoms in total. The first kappa shape index (κ1) is 10.3. The van der Waals surface area contributed by atoms with E-state index >= 15 is 0 Å². The number of hydrogen-bond donors (Lipinski definition) is 1. The molecule has 6 heteroatoms. The predicted molar refractivity (Wildman–Crippen MR) is 50.0 cm³/mol. The zero-order chi connectivity index (χ0) is 9.84. The summed E-state index contributed by atoms with van der Waals surface area (Å²) in [6.07, 6.45) is 2.88. The molecule has 70 valence electrons. The summed E-state index contributed by atoms with van der Waals surface area (Å²) in [5.74, 6) is -0.883. The molecule has 1 aromatic heterocycles. The van der Waals surface area contributed by atoms with Crippen LogP contribution in [0.1, 0.15) is 6.92 Å². The average molecular weight is 219 g/mol. The molecule has 1 aromatic rings. The number of carboxylic acid groups (broad SMARTS) is 1. The lowest BCUT2D eigenvalue weighted by Crippen LogP contribution is -2.11. The molecule has 0 aliphatic carbocycles. The Kier molecular flexibility index (Phi) is 3.50. The summed E-state index contributed by atoms with van der Waals surface area (Å²) in [7, 11) is 0. The molecule has 1 N–H and O–H groups in total. The highest BCUT2D eigenvalue weighted by Crippen LogP contribution is 2.21. The molecule has 13 heavy (non-hydrogen) atoms. The van der Waals surface area contributed by atoms with Crippen molar-refractivity contribution in [2.24, 2.45) is 0 Å². The molecule has 0 aromatic carbocycles. The van der Waals surface area contributed by atoms with Crippen molar-refractivity contribution in [3.05, 3.63) is 17.5 Å². The molecule has 0 saturated carbocycles. The van der Waals surface area contributed by atoms with Crippen molar-refractivity contribution in [1.82, 2.24) is 9.97 Å². The van der Waals surface area contributed by atoms with E-state index in [0.717, 1.165) is 11.8 Å². The Labute approximate surface area is 84.3 Å². The van der Waals surface area contributed by atoms with Crippen LogP contribution in [0.4, 0.5) is 0 Å². The molecule has 0 aliphatic rings. The lowest BCUT2D eigenvalue weighted by atomic mass is 10.5. The van der Waals surface area contributed by atoms with Crippen LogP contribution < -0.4 is 0 Å². The van der Waals surface area contributed by atoms with Gasteiger partial charge in [0.25, 0.3) is 0 Å². The highest BCUT2D eigenvalue weighted by Gasteiger charge is 2.13. The van der Waals surface area contributed by atoms with E-state index in [1.807, 2.05) is 0 Å². The van der Waals surface area contributed by atoms with E-state index in [1.165, 1.54) is 12.4 Å². The van der Waals surface area contributed by atoms with Crippen molar-refractivity contribution < 1.29 is 9.90 Å². The largest absolute Gasteiger partial charge is 0.480 e. The normalized spacial score (nSPS) is 12.5. The van der Waals surface area contributed by atoms with Gasteiger partial charge in [0.2, 0.25) is 0 Å². The standard InChI is InChI=1S/C7H7ClN2O2S/c1-4(7(11)12)13-6-3-9-2-5(8)10-6/h2-4H,1H3,(H,11,12). The number of aliphatic carboxylic acids is 1. The van der Waals surface area contributed by atoms with Gasteiger partial charge in [-0.2, -0.15) is 0 Å². The van der Waals surface area contributed by atoms with Crippen LogP contribution in [0.25, 0.3) is 0 Å². The van der Waals surface area contributed by atoms with Crippen molar-refractivity contribution >= 4 is 29.3 Å². The van der Waals surface area contributed by atoms with Crippen LogP contribution in [0.5, 0.6) is 0 Å². The Morgan fingerprint density at radius 3 is 2.92 bits per heavy atom. The van der Waals surface area contributed by atoms with Crippen LogP contribution in [-0.4, -0.2) is 26.3 Å². The highest BCUT2D eigenvalue weighted by atomic mass is 35.5. The van der Waals surface area contributed by atoms with E-state index in [9.17, 15) is 4.79 Å². The van der Waals surface area contributed by atoms with E-state index in [-0.39, 0.29) is 5.15 Å². The summed E-state index contributed by atoms with van der Waals surface area (Å²) in [6, 6.07) is 0. The van der Waals surface area contributed by atoms with E-state index in [4.69, 9.17) is 16.7 Å². The van der Waals surface area contributed by atoms with Gasteiger partial charge in [0.1, 0.15) is 15.4 Å². The molecule has 0 radical (unpaired) electrons. The molecule has 0 bridgehead atoms. The van der Waals surface area contributed by atoms with E-state index in [2.05, 4.69) is 9.97 Å². The van der Waals surface area contributed by atoms with Gasteiger partial charge in [0, 0.05) is 0 Å². The molecule has 1 heterocycles. The van der Waals surface area contributed by atoms with Gasteiger partial charge in [-0.3, -0.25) is 9.78 Å². The summed E-state index contributed by atoms with van der Waals surface area (Å²) >= 11 is 6.68. The van der Waals surface area contributed by atoms with Gasteiger partial charge in [-0.05, 0) is 6.92 Å². The summed E-state index contributed by atoms with van der Waals surface area (Å²) < 4.78 is 0. The molecule has 1 unspecified atom stereocenters. The van der Waals surface area contributed by atoms with E-state index in [1.54, 1.807) is 6.92 Å². The number of thioether (sulfide) groups is 1. The molecule has 0 amide bonds. The maximum atomic E-state index is 10.5. The van der Waals surface area contributed by atoms with Crippen molar-refractivity contribution in [3.8, 4) is 0 Å². The van der Waals surface area contributed by atoms with Crippen LogP contribution in [0.3, 0.4) is 0 Å². The molecule has 0 aliphatic heterocycles. The van der Waals surface area contributed by atoms with Crippen LogP contribution in [0.2, 0.25) is 5.15 Å². The number of carbonyl (C=O) groups is 1. The summed E-state index contributed by atoms with van der Waals surface area (Å²) in [5, 5.41) is 8.84. The smallest absolute Gasteiger partial charge is 0.316 e. The molecular weight excluding hydrogens is 212 g/mol. The van der Waals surface area contributed by atoms with Crippen molar-refractivity contribution in [3.63, 3.8) is 0 Å². The fraction of sp³-hybridized carbons (Fsp3) is 0.286. The number of halogens is 1. The number of rotatable bonds is 3. The summed E-state index contributed by atoms with van der Waals surface area (Å²) in [4.78, 5) is 18.2. The second-order valence-electron chi connectivity index (χ2n) is 2.28. The van der Waals surface area contributed by atoms with Crippen LogP contribution in [-0.2, 0) is 4.79 Å². The Hall–Kier alpha value is -0.810. The van der Waals surface area contributed by atoms with Crippen LogP contribution >= 0.6 is 23.4 Å². The minimum atomic E-state index is -0.883. The molecular formula is C7H7ClN2O2S. The monoisotopic (exact) mass is 218 g/mol. The third-order valence-electron chi connectivity index (χ3n) is 1.23. The molecule has 0 saturated heterocycles. The zero-order valence-corrected chi connectivity index (χ0v) is 8.34. The van der Waals surface area contributed by atoms with Crippen molar-refractivity contribution in [1.29, 1.82) is 0 Å². The zero-order valence-electron chi connectivity index (χ0n) is 6.77. The second kappa shape index (κ2) is 4.43. The maximum Gasteiger partial charge on any atom is 0.316 e. The van der Waals surface area contributed by atoms with Crippen LogP contribution in [0.15, 0.2) is 17.4 Å². The predicted octanol–water partition coefficient (Wildman–Crippen LogP) is 1.70. The fourth-order valence-corrected chi connectivity index (χ4v) is 1.55. The quantitative estimate of drug-likeness (QED) is 0.783. The molecule has 0 spiro atoms. The van der Waals surface area contributed by atoms with Gasteiger partial charge >= 0.3 is 5.97 Å². The Bertz CT molecular complexity index is 321. The lowest BCUT2D eigenvalue weighted by molar-refractivity contribution is -0.136. The number of carboxylic acids is 1. The van der Waals surface area contributed by atoms with Crippen molar-refractivity contribution in [2.75, 3.05) is 0 Å². The first-order valence-corrected chi connectivity index (χ1v) is 4.72. The SMILES string of the molecule is CC(Sc1cncc(Cl)n1)C(=O)O. The highest BCUT2D eigenvalue weighted by molar-refractivity contribution is 8.00. The summed E-state index contributed by atoms with van der Waals surface area (Å²) in [6.45, 7) is 1.58. The minimum absolute atomic E-state index is 0.266. The molecule has 1 atom stereocenters. The topological polar surface area (TPSA) is 63.1 Å². The first-order chi connectivity index (χ1) is 6.09. The Morgan fingerprint density at radius 2 is 2.38 bits per heavy atom. The van der Waals surface area contributed by atoms with Gasteiger partial charge < -0.3 is 5.11 Å². The first-order valence-electron chi connectivity index (χ1n) is 3.46. The van der Waals surface area contributed by atoms with Gasteiger partial charge in [-0.25, -0.2) is 4.98 Å². The van der Waals surface area contributed by atoms with Crippen molar-refractivity contribution in [2.45, 2.75) is 17.2 Å². The van der Waals surface area contributed by atoms with Crippen LogP contribution in [0, 0.1) is 0 Å². The van der Waals surface area contributed by atoms with E-state index < -0.39 is 11.2 Å². The number of nitrogens with zero attached hydrogens (tertiary/aromatic N) is 2. The maximum absolute atomic E-state index is 10.5. The lowest BCUT2D eigenvalue weighted by Gasteiger charge is -2.03. The molecule has 0 fully saturated rings. The second-order valence-corrected chi connectivity index (χ2v) is 4.03. The average Bonchev–Trinajstić information content (AvgIpc) is 2.04. The fourth-order valence-electron chi connectivity index (χ4n) is 0.614. The van der Waals surface area contributed by atoms with Gasteiger partial charge in [-0.1, -0.05) is 23.4 Å². The Balaban J connectivity index is 2.69. The van der Waals surface area contributed by atoms with E-state index in [0.29, 0.717) is 5.03 Å². The molecule has 1 rings (SSSR count). The number of aromatic nitrogens is 2.